The molecule has 15 heteroatoms. The van der Waals surface area contributed by atoms with Gasteiger partial charge in [-0.2, -0.15) is 18.2 Å². The number of anilines is 4. The first-order valence-electron chi connectivity index (χ1n) is 15.1. The highest BCUT2D eigenvalue weighted by Crippen LogP contribution is 2.37. The van der Waals surface area contributed by atoms with E-state index in [-0.39, 0.29) is 36.5 Å². The van der Waals surface area contributed by atoms with Crippen LogP contribution in [0, 0.1) is 17.5 Å². The Hall–Kier alpha value is -4.79. The minimum atomic E-state index is -4.96. The van der Waals surface area contributed by atoms with E-state index in [1.54, 1.807) is 24.3 Å². The number of rotatable bonds is 8. The van der Waals surface area contributed by atoms with Crippen molar-refractivity contribution in [2.45, 2.75) is 24.9 Å². The molecule has 2 aromatic carbocycles. The summed E-state index contributed by atoms with van der Waals surface area (Å²) in [4.78, 5) is 26.6. The molecule has 2 saturated heterocycles. The van der Waals surface area contributed by atoms with Crippen LogP contribution < -0.4 is 20.4 Å². The van der Waals surface area contributed by atoms with Gasteiger partial charge >= 0.3 is 6.18 Å². The zero-order valence-electron chi connectivity index (χ0n) is 25.0. The van der Waals surface area contributed by atoms with Gasteiger partial charge in [0, 0.05) is 45.3 Å². The number of nitrogens with one attached hydrogen (secondary N) is 2. The molecule has 248 valence electrons. The summed E-state index contributed by atoms with van der Waals surface area (Å²) in [5, 5.41) is 5.50. The van der Waals surface area contributed by atoms with Crippen molar-refractivity contribution in [3.63, 3.8) is 0 Å². The number of carbonyl (C=O) groups excluding carboxylic acids is 1. The van der Waals surface area contributed by atoms with E-state index < -0.39 is 35.2 Å². The quantitative estimate of drug-likeness (QED) is 0.212. The zero-order valence-corrected chi connectivity index (χ0v) is 25.0. The molecular formula is C32H31F6N7O2. The van der Waals surface area contributed by atoms with Gasteiger partial charge in [0.15, 0.2) is 5.69 Å². The van der Waals surface area contributed by atoms with Crippen LogP contribution in [-0.2, 0) is 6.18 Å². The van der Waals surface area contributed by atoms with Crippen LogP contribution in [-0.4, -0.2) is 66.7 Å². The van der Waals surface area contributed by atoms with Crippen LogP contribution in [0.2, 0.25) is 0 Å². The summed E-state index contributed by atoms with van der Waals surface area (Å²) in [7, 11) is 0. The van der Waals surface area contributed by atoms with Crippen molar-refractivity contribution in [2.75, 3.05) is 66.4 Å². The van der Waals surface area contributed by atoms with E-state index in [0.717, 1.165) is 6.07 Å². The predicted molar refractivity (Wildman–Crippen MR) is 163 cm³/mol. The van der Waals surface area contributed by atoms with E-state index in [9.17, 15) is 31.1 Å². The molecule has 6 rings (SSSR count). The van der Waals surface area contributed by atoms with E-state index in [4.69, 9.17) is 4.42 Å². The van der Waals surface area contributed by atoms with Crippen LogP contribution in [0.3, 0.4) is 0 Å². The number of amides is 1. The number of nitrogens with zero attached hydrogens (tertiary/aromatic N) is 5. The smallest absolute Gasteiger partial charge is 0.417 e. The summed E-state index contributed by atoms with van der Waals surface area (Å²) in [6.45, 7) is 3.57. The Labute approximate surface area is 266 Å². The standard InChI is InChI=1S/C32H31F6N7O2/c33-22-15-21(16-23(34)17-22)20-7-9-45(10-8-20)31-42-29(32(36,37)38)28(47-31)30(46)41-24-5-6-27(39-18-24)44-13-11-43(12-14-44)19-40-26-4-2-1-3-25(26)35/h1-6,15-18,20,40H,7-14,19H2,(H,41,46). The number of alkyl halides is 3. The second kappa shape index (κ2) is 13.5. The minimum absolute atomic E-state index is 0.167. The number of piperidine rings is 1. The van der Waals surface area contributed by atoms with Crippen LogP contribution >= 0.6 is 0 Å². The maximum atomic E-state index is 13.9. The van der Waals surface area contributed by atoms with Crippen molar-refractivity contribution in [1.29, 1.82) is 0 Å². The maximum Gasteiger partial charge on any atom is 0.437 e. The van der Waals surface area contributed by atoms with Gasteiger partial charge in [-0.15, -0.1) is 0 Å². The molecule has 0 atom stereocenters. The molecule has 2 aromatic heterocycles. The third-order valence-electron chi connectivity index (χ3n) is 8.28. The number of halogens is 6. The first-order chi connectivity index (χ1) is 22.5. The van der Waals surface area contributed by atoms with Crippen LogP contribution in [0.15, 0.2) is 65.2 Å². The van der Waals surface area contributed by atoms with Crippen LogP contribution in [0.4, 0.5) is 49.5 Å². The summed E-state index contributed by atoms with van der Waals surface area (Å²) in [5.41, 5.74) is -0.382. The number of benzene rings is 2. The summed E-state index contributed by atoms with van der Waals surface area (Å²) >= 11 is 0. The SMILES string of the molecule is O=C(Nc1ccc(N2CCN(CNc3ccccc3F)CC2)nc1)c1oc(N2CCC(c3cc(F)cc(F)c3)CC2)nc1C(F)(F)F. The van der Waals surface area contributed by atoms with Gasteiger partial charge in [0.25, 0.3) is 11.9 Å². The monoisotopic (exact) mass is 659 g/mol. The summed E-state index contributed by atoms with van der Waals surface area (Å²) < 4.78 is 88.3. The Bertz CT molecular complexity index is 1680. The Balaban J connectivity index is 1.05. The van der Waals surface area contributed by atoms with Gasteiger partial charge in [0.05, 0.1) is 24.2 Å². The van der Waals surface area contributed by atoms with Gasteiger partial charge in [0.1, 0.15) is 23.3 Å². The lowest BCUT2D eigenvalue weighted by atomic mass is 9.89. The zero-order chi connectivity index (χ0) is 33.1. The van der Waals surface area contributed by atoms with Crippen molar-refractivity contribution in [3.8, 4) is 0 Å². The number of carbonyl (C=O) groups is 1. The van der Waals surface area contributed by atoms with Crippen LogP contribution in [0.5, 0.6) is 0 Å². The van der Waals surface area contributed by atoms with E-state index in [1.807, 2.05) is 4.90 Å². The molecule has 2 aliphatic rings. The molecule has 2 fully saturated rings. The highest BCUT2D eigenvalue weighted by Gasteiger charge is 2.42. The number of pyridine rings is 1. The Morgan fingerprint density at radius 1 is 0.894 bits per heavy atom. The first kappa shape index (κ1) is 32.2. The third kappa shape index (κ3) is 7.62. The van der Waals surface area contributed by atoms with Crippen molar-refractivity contribution in [1.82, 2.24) is 14.9 Å². The van der Waals surface area contributed by atoms with Gasteiger partial charge in [-0.1, -0.05) is 12.1 Å². The van der Waals surface area contributed by atoms with Crippen LogP contribution in [0.25, 0.3) is 0 Å². The van der Waals surface area contributed by atoms with E-state index >= 15 is 0 Å². The molecule has 0 saturated carbocycles. The Kier molecular flexibility index (Phi) is 9.25. The summed E-state index contributed by atoms with van der Waals surface area (Å²) in [6, 6.07) is 12.6. The van der Waals surface area contributed by atoms with Crippen molar-refractivity contribution in [3.05, 3.63) is 95.3 Å². The molecule has 4 heterocycles. The predicted octanol–water partition coefficient (Wildman–Crippen LogP) is 6.33. The third-order valence-corrected chi connectivity index (χ3v) is 8.28. The normalized spacial score (nSPS) is 16.4. The Morgan fingerprint density at radius 3 is 2.23 bits per heavy atom. The fourth-order valence-corrected chi connectivity index (χ4v) is 5.78. The highest BCUT2D eigenvalue weighted by molar-refractivity contribution is 6.03. The molecule has 2 aliphatic heterocycles. The van der Waals surface area contributed by atoms with Crippen molar-refractivity contribution >= 4 is 29.1 Å². The van der Waals surface area contributed by atoms with E-state index in [1.165, 1.54) is 35.4 Å². The molecule has 47 heavy (non-hydrogen) atoms. The van der Waals surface area contributed by atoms with Crippen molar-refractivity contribution < 1.29 is 35.6 Å². The lowest BCUT2D eigenvalue weighted by Gasteiger charge is -2.35. The van der Waals surface area contributed by atoms with Crippen molar-refractivity contribution in [2.24, 2.45) is 0 Å². The minimum Gasteiger partial charge on any atom is -0.417 e. The number of hydrogen-bond acceptors (Lipinski definition) is 8. The Morgan fingerprint density at radius 2 is 1.60 bits per heavy atom. The molecular weight excluding hydrogens is 628 g/mol. The number of aromatic nitrogens is 2. The number of hydrogen-bond donors (Lipinski definition) is 2. The highest BCUT2D eigenvalue weighted by atomic mass is 19.4. The molecule has 9 nitrogen and oxygen atoms in total. The molecule has 4 aromatic rings. The van der Waals surface area contributed by atoms with Gasteiger partial charge in [0.2, 0.25) is 5.76 Å². The molecule has 0 aliphatic carbocycles. The molecule has 2 N–H and O–H groups in total. The average Bonchev–Trinajstić information content (AvgIpc) is 3.52. The summed E-state index contributed by atoms with van der Waals surface area (Å²) in [5.74, 6) is -3.39. The number of para-hydroxylation sites is 1. The molecule has 1 amide bonds. The molecule has 0 bridgehead atoms. The van der Waals surface area contributed by atoms with Gasteiger partial charge < -0.3 is 24.9 Å². The number of piperazine rings is 1. The first-order valence-corrected chi connectivity index (χ1v) is 15.1. The van der Waals surface area contributed by atoms with Gasteiger partial charge in [-0.25, -0.2) is 18.2 Å². The molecule has 0 unspecified atom stereocenters. The lowest BCUT2D eigenvalue weighted by molar-refractivity contribution is -0.141. The average molecular weight is 660 g/mol. The number of oxazole rings is 1. The van der Waals surface area contributed by atoms with Crippen LogP contribution in [0.1, 0.15) is 40.6 Å². The molecule has 0 radical (unpaired) electrons. The maximum absolute atomic E-state index is 13.9. The fourth-order valence-electron chi connectivity index (χ4n) is 5.78. The second-order valence-electron chi connectivity index (χ2n) is 11.4. The van der Waals surface area contributed by atoms with E-state index in [0.29, 0.717) is 62.8 Å². The largest absolute Gasteiger partial charge is 0.437 e. The van der Waals surface area contributed by atoms with Gasteiger partial charge in [-0.3, -0.25) is 9.69 Å². The fraction of sp³-hybridized carbons (Fsp3) is 0.344. The lowest BCUT2D eigenvalue weighted by Crippen LogP contribution is -2.48. The second-order valence-corrected chi connectivity index (χ2v) is 11.4. The van der Waals surface area contributed by atoms with Gasteiger partial charge in [-0.05, 0) is 60.7 Å². The van der Waals surface area contributed by atoms with E-state index in [2.05, 4.69) is 25.5 Å². The topological polar surface area (TPSA) is 89.8 Å². The summed E-state index contributed by atoms with van der Waals surface area (Å²) in [6.07, 6.45) is -2.82. The molecule has 0 spiro atoms.